The van der Waals surface area contributed by atoms with Gasteiger partial charge in [0.1, 0.15) is 0 Å². The maximum atomic E-state index is 12.2. The largest absolute Gasteiger partial charge is 0.378 e. The Morgan fingerprint density at radius 1 is 1.19 bits per heavy atom. The van der Waals surface area contributed by atoms with E-state index >= 15 is 0 Å². The van der Waals surface area contributed by atoms with E-state index in [-0.39, 0.29) is 5.91 Å². The number of likely N-dealkylation sites (tertiary alicyclic amines) is 1. The molecule has 0 unspecified atom stereocenters. The summed E-state index contributed by atoms with van der Waals surface area (Å²) in [6.07, 6.45) is 7.42. The molecule has 1 aromatic rings. The Kier molecular flexibility index (Phi) is 4.77. The average Bonchev–Trinajstić information content (AvgIpc) is 2.57. The highest BCUT2D eigenvalue weighted by atomic mass is 16.5. The average molecular weight is 290 g/mol. The summed E-state index contributed by atoms with van der Waals surface area (Å²) in [7, 11) is 0. The molecule has 1 amide bonds. The molecule has 0 saturated carbocycles. The van der Waals surface area contributed by atoms with Crippen molar-refractivity contribution < 1.29 is 9.53 Å². The fraction of sp³-hybridized carbons (Fsp3) is 0.667. The van der Waals surface area contributed by atoms with Gasteiger partial charge in [-0.3, -0.25) is 19.7 Å². The molecule has 2 aliphatic rings. The molecule has 6 nitrogen and oxygen atoms in total. The molecule has 0 radical (unpaired) electrons. The van der Waals surface area contributed by atoms with Gasteiger partial charge in [-0.05, 0) is 25.9 Å². The molecule has 114 valence electrons. The van der Waals surface area contributed by atoms with Gasteiger partial charge in [0.2, 0.25) is 5.91 Å². The summed E-state index contributed by atoms with van der Waals surface area (Å²) in [5.41, 5.74) is 1.08. The fourth-order valence-corrected chi connectivity index (χ4v) is 3.01. The monoisotopic (exact) mass is 290 g/mol. The number of hydrogen-bond donors (Lipinski definition) is 0. The number of hydrogen-bond acceptors (Lipinski definition) is 5. The van der Waals surface area contributed by atoms with Crippen molar-refractivity contribution in [3.05, 3.63) is 24.3 Å². The van der Waals surface area contributed by atoms with Crippen LogP contribution in [0.2, 0.25) is 0 Å². The lowest BCUT2D eigenvalue weighted by atomic mass is 9.94. The van der Waals surface area contributed by atoms with Crippen molar-refractivity contribution in [3.63, 3.8) is 0 Å². The smallest absolute Gasteiger partial charge is 0.236 e. The minimum absolute atomic E-state index is 0.233. The SMILES string of the molecule is O=C(CN1CCC(c2cnccn2)CC1)N1CCOCC1. The number of piperidine rings is 1. The third kappa shape index (κ3) is 3.77. The summed E-state index contributed by atoms with van der Waals surface area (Å²) in [4.78, 5) is 24.9. The second kappa shape index (κ2) is 6.95. The number of carbonyl (C=O) groups is 1. The Labute approximate surface area is 125 Å². The molecule has 3 rings (SSSR count). The van der Waals surface area contributed by atoms with Gasteiger partial charge in [-0.15, -0.1) is 0 Å². The van der Waals surface area contributed by atoms with Gasteiger partial charge in [0.05, 0.1) is 25.5 Å². The van der Waals surface area contributed by atoms with Gasteiger partial charge >= 0.3 is 0 Å². The van der Waals surface area contributed by atoms with E-state index < -0.39 is 0 Å². The number of nitrogens with zero attached hydrogens (tertiary/aromatic N) is 4. The molecular formula is C15H22N4O2. The van der Waals surface area contributed by atoms with E-state index in [0.29, 0.717) is 25.7 Å². The van der Waals surface area contributed by atoms with Crippen molar-refractivity contribution in [3.8, 4) is 0 Å². The lowest BCUT2D eigenvalue weighted by molar-refractivity contribution is -0.136. The van der Waals surface area contributed by atoms with Crippen LogP contribution in [0.3, 0.4) is 0 Å². The van der Waals surface area contributed by atoms with E-state index in [1.807, 2.05) is 11.1 Å². The van der Waals surface area contributed by atoms with Crippen LogP contribution in [0.5, 0.6) is 0 Å². The zero-order chi connectivity index (χ0) is 14.5. The van der Waals surface area contributed by atoms with Gasteiger partial charge in [-0.2, -0.15) is 0 Å². The van der Waals surface area contributed by atoms with Crippen LogP contribution >= 0.6 is 0 Å². The van der Waals surface area contributed by atoms with Crippen molar-refractivity contribution in [1.82, 2.24) is 19.8 Å². The van der Waals surface area contributed by atoms with Gasteiger partial charge in [-0.1, -0.05) is 0 Å². The number of morpholine rings is 1. The normalized spacial score (nSPS) is 21.4. The van der Waals surface area contributed by atoms with Crippen LogP contribution in [0.25, 0.3) is 0 Å². The molecule has 1 aromatic heterocycles. The van der Waals surface area contributed by atoms with E-state index in [1.165, 1.54) is 0 Å². The highest BCUT2D eigenvalue weighted by Crippen LogP contribution is 2.25. The maximum Gasteiger partial charge on any atom is 0.236 e. The number of ether oxygens (including phenoxy) is 1. The van der Waals surface area contributed by atoms with Crippen molar-refractivity contribution >= 4 is 5.91 Å². The van der Waals surface area contributed by atoms with E-state index in [2.05, 4.69) is 14.9 Å². The summed E-state index contributed by atoms with van der Waals surface area (Å²) in [5.74, 6) is 0.713. The first-order valence-corrected chi connectivity index (χ1v) is 7.67. The van der Waals surface area contributed by atoms with Gasteiger partial charge in [0.25, 0.3) is 0 Å². The molecule has 0 aliphatic carbocycles. The molecule has 0 spiro atoms. The van der Waals surface area contributed by atoms with Crippen LogP contribution in [-0.4, -0.2) is 71.6 Å². The fourth-order valence-electron chi connectivity index (χ4n) is 3.01. The first kappa shape index (κ1) is 14.4. The highest BCUT2D eigenvalue weighted by molar-refractivity contribution is 5.78. The Balaban J connectivity index is 1.46. The van der Waals surface area contributed by atoms with E-state index in [9.17, 15) is 4.79 Å². The summed E-state index contributed by atoms with van der Waals surface area (Å²) in [6, 6.07) is 0. The molecule has 2 fully saturated rings. The molecule has 6 heteroatoms. The van der Waals surface area contributed by atoms with Crippen LogP contribution in [0.15, 0.2) is 18.6 Å². The molecule has 0 N–H and O–H groups in total. The van der Waals surface area contributed by atoms with Gasteiger partial charge in [0.15, 0.2) is 0 Å². The molecule has 0 aromatic carbocycles. The van der Waals surface area contributed by atoms with Crippen LogP contribution in [0.4, 0.5) is 0 Å². The van der Waals surface area contributed by atoms with Gasteiger partial charge < -0.3 is 9.64 Å². The first-order valence-electron chi connectivity index (χ1n) is 7.67. The standard InChI is InChI=1S/C15H22N4O2/c20-15(19-7-9-21-10-8-19)12-18-5-1-13(2-6-18)14-11-16-3-4-17-14/h3-4,11,13H,1-2,5-10,12H2. The first-order chi connectivity index (χ1) is 10.3. The third-order valence-corrected chi connectivity index (χ3v) is 4.31. The van der Waals surface area contributed by atoms with Crippen molar-refractivity contribution in [2.75, 3.05) is 45.9 Å². The zero-order valence-electron chi connectivity index (χ0n) is 12.3. The Morgan fingerprint density at radius 3 is 2.62 bits per heavy atom. The third-order valence-electron chi connectivity index (χ3n) is 4.31. The van der Waals surface area contributed by atoms with Crippen molar-refractivity contribution in [2.24, 2.45) is 0 Å². The van der Waals surface area contributed by atoms with E-state index in [4.69, 9.17) is 4.74 Å². The lowest BCUT2D eigenvalue weighted by Gasteiger charge is -2.33. The van der Waals surface area contributed by atoms with Gasteiger partial charge in [-0.25, -0.2) is 0 Å². The van der Waals surface area contributed by atoms with Crippen LogP contribution < -0.4 is 0 Å². The molecule has 3 heterocycles. The van der Waals surface area contributed by atoms with Crippen LogP contribution in [0.1, 0.15) is 24.5 Å². The Hall–Kier alpha value is -1.53. The molecule has 0 bridgehead atoms. The number of carbonyl (C=O) groups excluding carboxylic acids is 1. The number of aromatic nitrogens is 2. The molecule has 21 heavy (non-hydrogen) atoms. The zero-order valence-corrected chi connectivity index (χ0v) is 12.3. The summed E-state index contributed by atoms with van der Waals surface area (Å²) >= 11 is 0. The van der Waals surface area contributed by atoms with E-state index in [1.54, 1.807) is 12.4 Å². The topological polar surface area (TPSA) is 58.6 Å². The summed E-state index contributed by atoms with van der Waals surface area (Å²) in [5, 5.41) is 0. The van der Waals surface area contributed by atoms with E-state index in [0.717, 1.165) is 44.7 Å². The number of amides is 1. The molecular weight excluding hydrogens is 268 g/mol. The predicted octanol–water partition coefficient (Wildman–Crippen LogP) is 0.515. The summed E-state index contributed by atoms with van der Waals surface area (Å²) < 4.78 is 5.28. The molecule has 2 saturated heterocycles. The second-order valence-electron chi connectivity index (χ2n) is 5.67. The van der Waals surface area contributed by atoms with Crippen molar-refractivity contribution in [1.29, 1.82) is 0 Å². The van der Waals surface area contributed by atoms with Gasteiger partial charge in [0, 0.05) is 37.6 Å². The Bertz CT molecular complexity index is 454. The maximum absolute atomic E-state index is 12.2. The Morgan fingerprint density at radius 2 is 1.95 bits per heavy atom. The number of rotatable bonds is 3. The van der Waals surface area contributed by atoms with Crippen LogP contribution in [-0.2, 0) is 9.53 Å². The molecule has 2 aliphatic heterocycles. The van der Waals surface area contributed by atoms with Crippen LogP contribution in [0, 0.1) is 0 Å². The second-order valence-corrected chi connectivity index (χ2v) is 5.67. The minimum Gasteiger partial charge on any atom is -0.378 e. The summed E-state index contributed by atoms with van der Waals surface area (Å²) in [6.45, 7) is 5.24. The molecule has 0 atom stereocenters. The minimum atomic E-state index is 0.233. The lowest BCUT2D eigenvalue weighted by Crippen LogP contribution is -2.47. The van der Waals surface area contributed by atoms with Crippen molar-refractivity contribution in [2.45, 2.75) is 18.8 Å². The predicted molar refractivity (Wildman–Crippen MR) is 77.8 cm³/mol. The highest BCUT2D eigenvalue weighted by Gasteiger charge is 2.25. The quantitative estimate of drug-likeness (QED) is 0.812.